The van der Waals surface area contributed by atoms with Gasteiger partial charge in [0.15, 0.2) is 0 Å². The Bertz CT molecular complexity index is 1330. The fraction of sp³-hybridized carbons (Fsp3) is 0.500. The molecule has 4 heteroatoms. The molecular weight excluding hydrogens is 641 g/mol. The lowest BCUT2D eigenvalue weighted by atomic mass is 9.91. The molecule has 8 bridgehead atoms. The maximum absolute atomic E-state index is 6.77. The molecule has 0 amide bonds. The van der Waals surface area contributed by atoms with Gasteiger partial charge < -0.3 is 18.9 Å². The monoisotopic (exact) mass is 704 g/mol. The first kappa shape index (κ1) is 39.3. The third kappa shape index (κ3) is 11.0. The van der Waals surface area contributed by atoms with E-state index in [-0.39, 0.29) is 0 Å². The molecule has 4 aromatic carbocycles. The van der Waals surface area contributed by atoms with E-state index in [0.29, 0.717) is 26.4 Å². The molecule has 0 saturated carbocycles. The van der Waals surface area contributed by atoms with Gasteiger partial charge in [-0.25, -0.2) is 0 Å². The van der Waals surface area contributed by atoms with Gasteiger partial charge in [-0.3, -0.25) is 0 Å². The van der Waals surface area contributed by atoms with Gasteiger partial charge in [-0.2, -0.15) is 0 Å². The molecule has 0 heterocycles. The number of rotatable bonds is 20. The number of para-hydroxylation sites is 4. The zero-order valence-electron chi connectivity index (χ0n) is 32.7. The molecule has 0 fully saturated rings. The summed E-state index contributed by atoms with van der Waals surface area (Å²) < 4.78 is 27.1. The molecule has 52 heavy (non-hydrogen) atoms. The van der Waals surface area contributed by atoms with E-state index in [1.807, 2.05) is 0 Å². The minimum Gasteiger partial charge on any atom is -0.493 e. The van der Waals surface area contributed by atoms with Crippen LogP contribution in [0.15, 0.2) is 72.8 Å². The first-order valence-corrected chi connectivity index (χ1v) is 20.6. The second-order valence-corrected chi connectivity index (χ2v) is 14.6. The number of benzene rings is 4. The lowest BCUT2D eigenvalue weighted by Gasteiger charge is -2.23. The van der Waals surface area contributed by atoms with Gasteiger partial charge in [-0.1, -0.05) is 152 Å². The van der Waals surface area contributed by atoms with Crippen molar-refractivity contribution in [2.24, 2.45) is 0 Å². The van der Waals surface area contributed by atoms with E-state index in [1.54, 1.807) is 0 Å². The Hall–Kier alpha value is -3.92. The average Bonchev–Trinajstić information content (AvgIpc) is 3.15. The molecule has 4 nitrogen and oxygen atoms in total. The van der Waals surface area contributed by atoms with Crippen molar-refractivity contribution < 1.29 is 18.9 Å². The van der Waals surface area contributed by atoms with Crippen LogP contribution in [0.3, 0.4) is 0 Å². The van der Waals surface area contributed by atoms with Crippen LogP contribution in [-0.4, -0.2) is 26.4 Å². The standard InChI is InChI=1S/C48H64O4/c1-5-9-13-29-49-45-37-21-17-22-38(45)34-40-24-19-26-42(47(40)51-31-15-11-7-3)36-44-28-20-27-43(48(44)52-32-16-12-8-4)35-41-25-18-23-39(33-37)46(41)50-30-14-10-6-2/h17-28H,5-16,29-36H2,1-4H3. The minimum atomic E-state index is 0.717. The molecule has 5 rings (SSSR count). The van der Waals surface area contributed by atoms with Crippen LogP contribution in [-0.2, 0) is 25.7 Å². The Morgan fingerprint density at radius 3 is 0.673 bits per heavy atom. The van der Waals surface area contributed by atoms with Crippen molar-refractivity contribution in [3.63, 3.8) is 0 Å². The van der Waals surface area contributed by atoms with Gasteiger partial charge in [0.25, 0.3) is 0 Å². The van der Waals surface area contributed by atoms with Crippen molar-refractivity contribution in [1.82, 2.24) is 0 Å². The highest BCUT2D eigenvalue weighted by atomic mass is 16.5. The van der Waals surface area contributed by atoms with Gasteiger partial charge in [0.1, 0.15) is 23.0 Å². The summed E-state index contributed by atoms with van der Waals surface area (Å²) in [4.78, 5) is 0. The molecule has 4 aromatic rings. The fourth-order valence-corrected chi connectivity index (χ4v) is 7.33. The predicted octanol–water partition coefficient (Wildman–Crippen LogP) is 12.6. The molecule has 0 aliphatic heterocycles. The SMILES string of the molecule is CCCCCOc1c2cccc1Cc1cccc(c1OCCCCC)Cc1cccc(c1OCCCCC)Cc1cccc(c1OCCCCC)C2. The zero-order valence-corrected chi connectivity index (χ0v) is 32.7. The second-order valence-electron chi connectivity index (χ2n) is 14.6. The summed E-state index contributed by atoms with van der Waals surface area (Å²) in [7, 11) is 0. The Kier molecular flexibility index (Phi) is 16.3. The molecule has 0 radical (unpaired) electrons. The van der Waals surface area contributed by atoms with Gasteiger partial charge in [-0.15, -0.1) is 0 Å². The van der Waals surface area contributed by atoms with E-state index < -0.39 is 0 Å². The molecule has 1 aliphatic carbocycles. The van der Waals surface area contributed by atoms with Crippen molar-refractivity contribution in [2.45, 2.75) is 130 Å². The number of unbranched alkanes of at least 4 members (excludes halogenated alkanes) is 8. The lowest BCUT2D eigenvalue weighted by Crippen LogP contribution is -2.10. The van der Waals surface area contributed by atoms with Gasteiger partial charge in [0.05, 0.1) is 26.4 Å². The maximum Gasteiger partial charge on any atom is 0.126 e. The highest BCUT2D eigenvalue weighted by molar-refractivity contribution is 5.56. The minimum absolute atomic E-state index is 0.717. The van der Waals surface area contributed by atoms with E-state index in [1.165, 1.54) is 70.2 Å². The average molecular weight is 705 g/mol. The van der Waals surface area contributed by atoms with Crippen LogP contribution in [0.2, 0.25) is 0 Å². The van der Waals surface area contributed by atoms with Gasteiger partial charge >= 0.3 is 0 Å². The smallest absolute Gasteiger partial charge is 0.126 e. The van der Waals surface area contributed by atoms with E-state index >= 15 is 0 Å². The number of hydrogen-bond acceptors (Lipinski definition) is 4. The van der Waals surface area contributed by atoms with Crippen LogP contribution in [0, 0.1) is 0 Å². The van der Waals surface area contributed by atoms with E-state index in [4.69, 9.17) is 18.9 Å². The van der Waals surface area contributed by atoms with Crippen molar-refractivity contribution in [2.75, 3.05) is 26.4 Å². The summed E-state index contributed by atoms with van der Waals surface area (Å²) >= 11 is 0. The molecule has 1 aliphatic rings. The second kappa shape index (κ2) is 21.6. The summed E-state index contributed by atoms with van der Waals surface area (Å²) in [6.45, 7) is 11.9. The summed E-state index contributed by atoms with van der Waals surface area (Å²) in [5.74, 6) is 4.07. The van der Waals surface area contributed by atoms with Gasteiger partial charge in [-0.05, 0) is 70.2 Å². The van der Waals surface area contributed by atoms with E-state index in [9.17, 15) is 0 Å². The maximum atomic E-state index is 6.77. The van der Waals surface area contributed by atoms with Gasteiger partial charge in [0.2, 0.25) is 0 Å². The Balaban J connectivity index is 1.67. The van der Waals surface area contributed by atoms with Crippen LogP contribution in [0.1, 0.15) is 149 Å². The molecule has 0 unspecified atom stereocenters. The van der Waals surface area contributed by atoms with Gasteiger partial charge in [0, 0.05) is 25.7 Å². The molecule has 280 valence electrons. The number of hydrogen-bond donors (Lipinski definition) is 0. The number of ether oxygens (including phenoxy) is 4. The van der Waals surface area contributed by atoms with Crippen LogP contribution < -0.4 is 18.9 Å². The topological polar surface area (TPSA) is 36.9 Å². The fourth-order valence-electron chi connectivity index (χ4n) is 7.33. The van der Waals surface area contributed by atoms with Crippen molar-refractivity contribution >= 4 is 0 Å². The number of fused-ring (bicyclic) bond motifs is 8. The summed E-state index contributed by atoms with van der Waals surface area (Å²) in [5.41, 5.74) is 9.67. The largest absolute Gasteiger partial charge is 0.493 e. The van der Waals surface area contributed by atoms with E-state index in [2.05, 4.69) is 100 Å². The molecule has 0 saturated heterocycles. The third-order valence-electron chi connectivity index (χ3n) is 10.2. The summed E-state index contributed by atoms with van der Waals surface area (Å²) in [5, 5.41) is 0. The first-order chi connectivity index (χ1) is 25.7. The third-order valence-corrected chi connectivity index (χ3v) is 10.2. The van der Waals surface area contributed by atoms with Crippen LogP contribution in [0.25, 0.3) is 0 Å². The van der Waals surface area contributed by atoms with E-state index in [0.717, 1.165) is 100 Å². The molecule has 0 aromatic heterocycles. The highest BCUT2D eigenvalue weighted by Gasteiger charge is 2.21. The lowest BCUT2D eigenvalue weighted by molar-refractivity contribution is 0.294. The Morgan fingerprint density at radius 1 is 0.308 bits per heavy atom. The quantitative estimate of drug-likeness (QED) is 0.0756. The molecular formula is C48H64O4. The highest BCUT2D eigenvalue weighted by Crippen LogP contribution is 2.39. The Labute approximate surface area is 315 Å². The first-order valence-electron chi connectivity index (χ1n) is 20.6. The van der Waals surface area contributed by atoms with Crippen LogP contribution >= 0.6 is 0 Å². The normalized spacial score (nSPS) is 12.4. The summed E-state index contributed by atoms with van der Waals surface area (Å²) in [6, 6.07) is 26.8. The van der Waals surface area contributed by atoms with Crippen molar-refractivity contribution in [3.05, 3.63) is 117 Å². The molecule has 0 N–H and O–H groups in total. The molecule has 0 atom stereocenters. The van der Waals surface area contributed by atoms with Crippen molar-refractivity contribution in [1.29, 1.82) is 0 Å². The van der Waals surface area contributed by atoms with Crippen molar-refractivity contribution in [3.8, 4) is 23.0 Å². The zero-order chi connectivity index (χ0) is 36.4. The van der Waals surface area contributed by atoms with Crippen LogP contribution in [0.5, 0.6) is 23.0 Å². The van der Waals surface area contributed by atoms with Crippen LogP contribution in [0.4, 0.5) is 0 Å². The predicted molar refractivity (Wildman–Crippen MR) is 217 cm³/mol. The Morgan fingerprint density at radius 2 is 0.500 bits per heavy atom. The molecule has 0 spiro atoms. The summed E-state index contributed by atoms with van der Waals surface area (Å²) in [6.07, 6.45) is 16.5.